The molecule has 0 radical (unpaired) electrons. The second-order valence-corrected chi connectivity index (χ2v) is 5.77. The number of rotatable bonds is 10. The molecule has 2 aromatic carbocycles. The summed E-state index contributed by atoms with van der Waals surface area (Å²) in [6.45, 7) is 2.06. The molecule has 5 heteroatoms. The van der Waals surface area contributed by atoms with Crippen LogP contribution in [0.5, 0.6) is 5.75 Å². The van der Waals surface area contributed by atoms with Gasteiger partial charge in [0, 0.05) is 12.5 Å². The molecule has 0 N–H and O–H groups in total. The lowest BCUT2D eigenvalue weighted by molar-refractivity contribution is -0.0101. The number of benzene rings is 2. The molecule has 0 unspecified atom stereocenters. The van der Waals surface area contributed by atoms with E-state index < -0.39 is 0 Å². The van der Waals surface area contributed by atoms with Gasteiger partial charge in [-0.2, -0.15) is 0 Å². The van der Waals surface area contributed by atoms with Crippen LogP contribution in [0, 0.1) is 0 Å². The van der Waals surface area contributed by atoms with E-state index in [1.807, 2.05) is 60.7 Å². The summed E-state index contributed by atoms with van der Waals surface area (Å²) in [6.07, 6.45) is 0. The molecular formula is C21H23NO4. The zero-order chi connectivity index (χ0) is 18.0. The van der Waals surface area contributed by atoms with E-state index in [0.717, 1.165) is 22.2 Å². The van der Waals surface area contributed by atoms with E-state index in [1.54, 1.807) is 7.11 Å². The molecule has 0 amide bonds. The number of ether oxygens (including phenoxy) is 4. The van der Waals surface area contributed by atoms with Crippen LogP contribution >= 0.6 is 0 Å². The Labute approximate surface area is 153 Å². The van der Waals surface area contributed by atoms with Gasteiger partial charge in [-0.15, -0.1) is 0 Å². The Bertz CT molecular complexity index is 807. The van der Waals surface area contributed by atoms with Gasteiger partial charge in [-0.1, -0.05) is 48.5 Å². The van der Waals surface area contributed by atoms with Gasteiger partial charge in [-0.05, 0) is 17.7 Å². The maximum absolute atomic E-state index is 5.84. The van der Waals surface area contributed by atoms with Gasteiger partial charge >= 0.3 is 0 Å². The third-order valence-electron chi connectivity index (χ3n) is 3.84. The summed E-state index contributed by atoms with van der Waals surface area (Å²) in [5.74, 6) is 0.675. The quantitative estimate of drug-likeness (QED) is 0.408. The fourth-order valence-electron chi connectivity index (χ4n) is 2.51. The largest absolute Gasteiger partial charge is 0.466 e. The summed E-state index contributed by atoms with van der Waals surface area (Å²) >= 11 is 0. The van der Waals surface area contributed by atoms with Crippen molar-refractivity contribution in [3.63, 3.8) is 0 Å². The van der Waals surface area contributed by atoms with Gasteiger partial charge in [0.15, 0.2) is 6.79 Å². The van der Waals surface area contributed by atoms with E-state index in [9.17, 15) is 0 Å². The molecular weight excluding hydrogens is 330 g/mol. The van der Waals surface area contributed by atoms with Crippen LogP contribution < -0.4 is 4.74 Å². The maximum Gasteiger partial charge on any atom is 0.189 e. The second-order valence-electron chi connectivity index (χ2n) is 5.77. The molecule has 0 aliphatic rings. The molecule has 0 atom stereocenters. The molecule has 3 aromatic rings. The zero-order valence-corrected chi connectivity index (χ0v) is 14.9. The molecule has 0 aliphatic carbocycles. The Balaban J connectivity index is 1.67. The highest BCUT2D eigenvalue weighted by Gasteiger charge is 2.09. The SMILES string of the molecule is COCCOCOc1cc2ccccc2nc1COCc1ccccc1. The Morgan fingerprint density at radius 1 is 0.846 bits per heavy atom. The molecule has 0 bridgehead atoms. The van der Waals surface area contributed by atoms with Gasteiger partial charge in [0.2, 0.25) is 0 Å². The average molecular weight is 353 g/mol. The number of aromatic nitrogens is 1. The highest BCUT2D eigenvalue weighted by molar-refractivity contribution is 5.80. The minimum atomic E-state index is 0.148. The first kappa shape index (κ1) is 18.3. The fraction of sp³-hybridized carbons (Fsp3) is 0.286. The van der Waals surface area contributed by atoms with E-state index in [2.05, 4.69) is 0 Å². The molecule has 0 fully saturated rings. The van der Waals surface area contributed by atoms with Crippen molar-refractivity contribution >= 4 is 10.9 Å². The van der Waals surface area contributed by atoms with E-state index in [4.69, 9.17) is 23.9 Å². The van der Waals surface area contributed by atoms with Crippen molar-refractivity contribution in [1.29, 1.82) is 0 Å². The minimum absolute atomic E-state index is 0.148. The monoisotopic (exact) mass is 353 g/mol. The van der Waals surface area contributed by atoms with Gasteiger partial charge < -0.3 is 18.9 Å². The number of hydrogen-bond acceptors (Lipinski definition) is 5. The van der Waals surface area contributed by atoms with Crippen molar-refractivity contribution in [3.05, 3.63) is 71.9 Å². The third kappa shape index (κ3) is 5.26. The van der Waals surface area contributed by atoms with Gasteiger partial charge in [0.05, 0.1) is 31.9 Å². The molecule has 3 rings (SSSR count). The van der Waals surface area contributed by atoms with Crippen LogP contribution in [0.15, 0.2) is 60.7 Å². The van der Waals surface area contributed by atoms with Crippen LogP contribution in [0.1, 0.15) is 11.3 Å². The molecule has 26 heavy (non-hydrogen) atoms. The van der Waals surface area contributed by atoms with Crippen molar-refractivity contribution < 1.29 is 18.9 Å². The zero-order valence-electron chi connectivity index (χ0n) is 14.9. The smallest absolute Gasteiger partial charge is 0.189 e. The summed E-state index contributed by atoms with van der Waals surface area (Å²) in [5, 5.41) is 1.02. The summed E-state index contributed by atoms with van der Waals surface area (Å²) in [6, 6.07) is 20.0. The van der Waals surface area contributed by atoms with Gasteiger partial charge in [0.1, 0.15) is 11.4 Å². The first-order chi connectivity index (χ1) is 12.9. The average Bonchev–Trinajstić information content (AvgIpc) is 2.69. The van der Waals surface area contributed by atoms with Crippen LogP contribution in [-0.4, -0.2) is 32.1 Å². The standard InChI is InChI=1S/C21H23NO4/c1-23-11-12-24-16-26-21-13-18-9-5-6-10-19(18)22-20(21)15-25-14-17-7-3-2-4-8-17/h2-10,13H,11-12,14-16H2,1H3. The number of nitrogens with zero attached hydrogens (tertiary/aromatic N) is 1. The maximum atomic E-state index is 5.84. The second kappa shape index (κ2) is 9.87. The van der Waals surface area contributed by atoms with E-state index >= 15 is 0 Å². The topological polar surface area (TPSA) is 49.8 Å². The third-order valence-corrected chi connectivity index (χ3v) is 3.84. The van der Waals surface area contributed by atoms with Crippen molar-refractivity contribution in [1.82, 2.24) is 4.98 Å². The Morgan fingerprint density at radius 2 is 1.65 bits per heavy atom. The lowest BCUT2D eigenvalue weighted by Crippen LogP contribution is -2.10. The lowest BCUT2D eigenvalue weighted by atomic mass is 10.2. The highest BCUT2D eigenvalue weighted by Crippen LogP contribution is 2.24. The van der Waals surface area contributed by atoms with Crippen LogP contribution in [0.25, 0.3) is 10.9 Å². The first-order valence-corrected chi connectivity index (χ1v) is 8.56. The van der Waals surface area contributed by atoms with Crippen LogP contribution in [0.4, 0.5) is 0 Å². The van der Waals surface area contributed by atoms with Crippen molar-refractivity contribution in [3.8, 4) is 5.75 Å². The van der Waals surface area contributed by atoms with E-state index in [0.29, 0.717) is 32.2 Å². The number of hydrogen-bond donors (Lipinski definition) is 0. The van der Waals surface area contributed by atoms with Crippen LogP contribution in [-0.2, 0) is 27.4 Å². The molecule has 1 heterocycles. The van der Waals surface area contributed by atoms with Crippen molar-refractivity contribution in [2.24, 2.45) is 0 Å². The van der Waals surface area contributed by atoms with E-state index in [1.165, 1.54) is 0 Å². The minimum Gasteiger partial charge on any atom is -0.466 e. The Hall–Kier alpha value is -2.47. The van der Waals surface area contributed by atoms with Gasteiger partial charge in [-0.3, -0.25) is 0 Å². The van der Waals surface area contributed by atoms with Crippen LogP contribution in [0.3, 0.4) is 0 Å². The van der Waals surface area contributed by atoms with Gasteiger partial charge in [-0.25, -0.2) is 4.98 Å². The fourth-order valence-corrected chi connectivity index (χ4v) is 2.51. The number of para-hydroxylation sites is 1. The Morgan fingerprint density at radius 3 is 2.50 bits per heavy atom. The first-order valence-electron chi connectivity index (χ1n) is 8.56. The lowest BCUT2D eigenvalue weighted by Gasteiger charge is -2.13. The van der Waals surface area contributed by atoms with Gasteiger partial charge in [0.25, 0.3) is 0 Å². The molecule has 0 aliphatic heterocycles. The van der Waals surface area contributed by atoms with E-state index in [-0.39, 0.29) is 6.79 Å². The Kier molecular flexibility index (Phi) is 6.96. The number of methoxy groups -OCH3 is 1. The molecule has 0 saturated heterocycles. The normalized spacial score (nSPS) is 11.0. The van der Waals surface area contributed by atoms with Crippen molar-refractivity contribution in [2.75, 3.05) is 27.1 Å². The van der Waals surface area contributed by atoms with Crippen molar-refractivity contribution in [2.45, 2.75) is 13.2 Å². The predicted molar refractivity (Wildman–Crippen MR) is 100 cm³/mol. The number of fused-ring (bicyclic) bond motifs is 1. The molecule has 0 saturated carbocycles. The molecule has 0 spiro atoms. The summed E-state index contributed by atoms with van der Waals surface area (Å²) < 4.78 is 22.0. The summed E-state index contributed by atoms with van der Waals surface area (Å²) in [5.41, 5.74) is 2.80. The van der Waals surface area contributed by atoms with Crippen LogP contribution in [0.2, 0.25) is 0 Å². The number of pyridine rings is 1. The summed E-state index contributed by atoms with van der Waals surface area (Å²) in [4.78, 5) is 4.69. The molecule has 5 nitrogen and oxygen atoms in total. The summed E-state index contributed by atoms with van der Waals surface area (Å²) in [7, 11) is 1.64. The predicted octanol–water partition coefficient (Wildman–Crippen LogP) is 3.95. The molecule has 136 valence electrons. The molecule has 1 aromatic heterocycles. The highest BCUT2D eigenvalue weighted by atomic mass is 16.7.